The Kier molecular flexibility index (Phi) is 9.29. The van der Waals surface area contributed by atoms with Gasteiger partial charge in [0.15, 0.2) is 5.75 Å². The molecule has 5 aromatic rings. The van der Waals surface area contributed by atoms with Gasteiger partial charge in [-0.15, -0.1) is 0 Å². The second-order valence-corrected chi connectivity index (χ2v) is 9.76. The van der Waals surface area contributed by atoms with Crippen molar-refractivity contribution in [3.8, 4) is 11.5 Å². The third-order valence-corrected chi connectivity index (χ3v) is 6.32. The van der Waals surface area contributed by atoms with Crippen LogP contribution >= 0.6 is 0 Å². The Balaban J connectivity index is 1.09. The van der Waals surface area contributed by atoms with Crippen molar-refractivity contribution in [1.29, 1.82) is 0 Å². The van der Waals surface area contributed by atoms with E-state index in [0.29, 0.717) is 17.1 Å². The number of aryl methyl sites for hydroxylation is 2. The van der Waals surface area contributed by atoms with E-state index < -0.39 is 5.97 Å². The molecule has 0 aliphatic heterocycles. The van der Waals surface area contributed by atoms with Crippen molar-refractivity contribution in [2.45, 2.75) is 20.5 Å². The van der Waals surface area contributed by atoms with Crippen molar-refractivity contribution in [1.82, 2.24) is 0 Å². The Bertz CT molecular complexity index is 1670. The summed E-state index contributed by atoms with van der Waals surface area (Å²) in [5.74, 6) is 0.300. The van der Waals surface area contributed by atoms with Crippen LogP contribution in [0.1, 0.15) is 38.2 Å². The first-order valence-electron chi connectivity index (χ1n) is 13.5. The Morgan fingerprint density at radius 1 is 0.643 bits per heavy atom. The summed E-state index contributed by atoms with van der Waals surface area (Å²) in [6, 6.07) is 37.7. The van der Waals surface area contributed by atoms with Crippen molar-refractivity contribution in [3.63, 3.8) is 0 Å². The van der Waals surface area contributed by atoms with Crippen LogP contribution in [0.5, 0.6) is 11.5 Å². The predicted molar refractivity (Wildman–Crippen MR) is 167 cm³/mol. The molecule has 6 heteroatoms. The van der Waals surface area contributed by atoms with Gasteiger partial charge in [-0.2, -0.15) is 4.89 Å². The van der Waals surface area contributed by atoms with Crippen LogP contribution < -0.4 is 9.62 Å². The fourth-order valence-electron chi connectivity index (χ4n) is 3.89. The monoisotopic (exact) mass is 554 g/mol. The minimum atomic E-state index is -0.471. The van der Waals surface area contributed by atoms with Crippen molar-refractivity contribution >= 4 is 29.8 Å². The lowest BCUT2D eigenvalue weighted by Crippen LogP contribution is -2.08. The van der Waals surface area contributed by atoms with Gasteiger partial charge >= 0.3 is 5.97 Å². The molecule has 0 atom stereocenters. The fourth-order valence-corrected chi connectivity index (χ4v) is 3.89. The zero-order valence-electron chi connectivity index (χ0n) is 23.4. The first-order chi connectivity index (χ1) is 20.5. The Hall–Kier alpha value is -5.33. The summed E-state index contributed by atoms with van der Waals surface area (Å²) in [7, 11) is 0. The topological polar surface area (TPSA) is 69.5 Å². The standard InChI is InChI=1S/C36H30N2O4/c1-26-6-18-32(19-7-26)37-23-28-10-12-30(13-11-28)25-40-42-35-5-3-4-34(22-35)41-36(39)31-16-14-29(15-17-31)24-38-33-20-8-27(2)9-21-33/h3-24H,25H2,1-2H3. The fraction of sp³-hybridized carbons (Fsp3) is 0.0833. The van der Waals surface area contributed by atoms with Crippen molar-refractivity contribution < 1.29 is 19.3 Å². The molecule has 6 nitrogen and oxygen atoms in total. The van der Waals surface area contributed by atoms with Crippen molar-refractivity contribution in [2.75, 3.05) is 0 Å². The van der Waals surface area contributed by atoms with E-state index in [1.54, 1.807) is 42.6 Å². The van der Waals surface area contributed by atoms with E-state index in [1.165, 1.54) is 11.1 Å². The summed E-state index contributed by atoms with van der Waals surface area (Å²) < 4.78 is 5.54. The average Bonchev–Trinajstić information content (AvgIpc) is 3.02. The summed E-state index contributed by atoms with van der Waals surface area (Å²) in [6.45, 7) is 4.34. The number of carbonyl (C=O) groups excluding carboxylic acids is 1. The van der Waals surface area contributed by atoms with Gasteiger partial charge in [0, 0.05) is 18.5 Å². The molecule has 0 fully saturated rings. The largest absolute Gasteiger partial charge is 0.423 e. The molecule has 0 amide bonds. The average molecular weight is 555 g/mol. The van der Waals surface area contributed by atoms with Gasteiger partial charge in [-0.3, -0.25) is 9.98 Å². The number of nitrogens with zero attached hydrogens (tertiary/aromatic N) is 2. The van der Waals surface area contributed by atoms with E-state index in [1.807, 2.05) is 98.1 Å². The number of rotatable bonds is 10. The first kappa shape index (κ1) is 28.2. The van der Waals surface area contributed by atoms with Crippen molar-refractivity contribution in [2.24, 2.45) is 9.98 Å². The summed E-state index contributed by atoms with van der Waals surface area (Å²) in [5, 5.41) is 0. The van der Waals surface area contributed by atoms with Gasteiger partial charge in [0.05, 0.1) is 16.9 Å². The Morgan fingerprint density at radius 3 is 1.74 bits per heavy atom. The minimum absolute atomic E-state index is 0.249. The molecule has 5 aromatic carbocycles. The maximum atomic E-state index is 12.7. The second kappa shape index (κ2) is 13.8. The van der Waals surface area contributed by atoms with E-state index in [9.17, 15) is 4.79 Å². The van der Waals surface area contributed by atoms with Gasteiger partial charge in [-0.05, 0) is 79.1 Å². The van der Waals surface area contributed by atoms with E-state index in [4.69, 9.17) is 14.5 Å². The molecular formula is C36H30N2O4. The zero-order chi connectivity index (χ0) is 29.1. The highest BCUT2D eigenvalue weighted by molar-refractivity contribution is 5.92. The number of hydrogen-bond donors (Lipinski definition) is 0. The lowest BCUT2D eigenvalue weighted by molar-refractivity contribution is -0.217. The maximum Gasteiger partial charge on any atom is 0.343 e. The normalized spacial score (nSPS) is 11.2. The van der Waals surface area contributed by atoms with Crippen molar-refractivity contribution in [3.05, 3.63) is 155 Å². The molecule has 0 aromatic heterocycles. The minimum Gasteiger partial charge on any atom is -0.423 e. The van der Waals surface area contributed by atoms with E-state index in [-0.39, 0.29) is 6.61 Å². The molecule has 0 aliphatic carbocycles. The van der Waals surface area contributed by atoms with Gasteiger partial charge in [-0.1, -0.05) is 77.9 Å². The van der Waals surface area contributed by atoms with Gasteiger partial charge in [0.1, 0.15) is 12.4 Å². The zero-order valence-corrected chi connectivity index (χ0v) is 23.4. The van der Waals surface area contributed by atoms with E-state index >= 15 is 0 Å². The maximum absolute atomic E-state index is 12.7. The summed E-state index contributed by atoms with van der Waals surface area (Å²) in [4.78, 5) is 32.5. The van der Waals surface area contributed by atoms with Crippen LogP contribution in [0.2, 0.25) is 0 Å². The Morgan fingerprint density at radius 2 is 1.17 bits per heavy atom. The van der Waals surface area contributed by atoms with Crippen LogP contribution in [0, 0.1) is 13.8 Å². The quantitative estimate of drug-likeness (QED) is 0.0570. The van der Waals surface area contributed by atoms with E-state index in [0.717, 1.165) is 28.1 Å². The second-order valence-electron chi connectivity index (χ2n) is 9.76. The van der Waals surface area contributed by atoms with Crippen LogP contribution in [0.15, 0.2) is 131 Å². The summed E-state index contributed by atoms with van der Waals surface area (Å²) >= 11 is 0. The molecule has 0 saturated heterocycles. The molecule has 0 unspecified atom stereocenters. The number of esters is 1. The van der Waals surface area contributed by atoms with Crippen LogP contribution in [0.25, 0.3) is 0 Å². The molecule has 208 valence electrons. The van der Waals surface area contributed by atoms with E-state index in [2.05, 4.69) is 16.9 Å². The summed E-state index contributed by atoms with van der Waals surface area (Å²) in [6.07, 6.45) is 3.59. The predicted octanol–water partition coefficient (Wildman–Crippen LogP) is 8.53. The summed E-state index contributed by atoms with van der Waals surface area (Å²) in [5.41, 5.74) is 7.40. The smallest absolute Gasteiger partial charge is 0.343 e. The van der Waals surface area contributed by atoms with Gasteiger partial charge in [0.2, 0.25) is 0 Å². The van der Waals surface area contributed by atoms with Gasteiger partial charge < -0.3 is 9.62 Å². The molecule has 0 saturated carbocycles. The van der Waals surface area contributed by atoms with Crippen LogP contribution in [-0.2, 0) is 11.5 Å². The molecule has 0 N–H and O–H groups in total. The molecule has 0 heterocycles. The highest BCUT2D eigenvalue weighted by atomic mass is 17.2. The number of aliphatic imine (C=N–C) groups is 2. The van der Waals surface area contributed by atoms with Gasteiger partial charge in [-0.25, -0.2) is 4.79 Å². The molecule has 0 bridgehead atoms. The third-order valence-electron chi connectivity index (χ3n) is 6.32. The first-order valence-corrected chi connectivity index (χ1v) is 13.5. The third kappa shape index (κ3) is 8.34. The van der Waals surface area contributed by atoms with Crippen LogP contribution in [0.3, 0.4) is 0 Å². The SMILES string of the molecule is Cc1ccc(N=Cc2ccc(COOc3cccc(OC(=O)c4ccc(C=Nc5ccc(C)cc5)cc4)c3)cc2)cc1. The van der Waals surface area contributed by atoms with Gasteiger partial charge in [0.25, 0.3) is 0 Å². The van der Waals surface area contributed by atoms with Crippen LogP contribution in [0.4, 0.5) is 11.4 Å². The molecule has 0 spiro atoms. The molecule has 42 heavy (non-hydrogen) atoms. The highest BCUT2D eigenvalue weighted by Gasteiger charge is 2.10. The molecule has 0 radical (unpaired) electrons. The lowest BCUT2D eigenvalue weighted by atomic mass is 10.1. The Labute approximate surface area is 245 Å². The number of benzene rings is 5. The number of hydrogen-bond acceptors (Lipinski definition) is 6. The highest BCUT2D eigenvalue weighted by Crippen LogP contribution is 2.22. The molecule has 0 aliphatic rings. The van der Waals surface area contributed by atoms with Crippen LogP contribution in [-0.4, -0.2) is 18.4 Å². The number of ether oxygens (including phenoxy) is 1. The number of carbonyl (C=O) groups is 1. The lowest BCUT2D eigenvalue weighted by Gasteiger charge is -2.08. The molecule has 5 rings (SSSR count). The molecular weight excluding hydrogens is 524 g/mol.